The molecule has 1 atom stereocenters. The zero-order valence-corrected chi connectivity index (χ0v) is 17.4. The minimum atomic E-state index is 0.00793. The van der Waals surface area contributed by atoms with Crippen molar-refractivity contribution in [1.29, 1.82) is 0 Å². The van der Waals surface area contributed by atoms with Crippen LogP contribution in [-0.2, 0) is 0 Å². The molecule has 0 spiro atoms. The number of unbranched alkanes of at least 4 members (excludes halogenated alkanes) is 9. The van der Waals surface area contributed by atoms with Crippen molar-refractivity contribution >= 4 is 6.21 Å². The molecule has 1 unspecified atom stereocenters. The fourth-order valence-electron chi connectivity index (χ4n) is 4.55. The van der Waals surface area contributed by atoms with E-state index in [1.165, 1.54) is 109 Å². The van der Waals surface area contributed by atoms with E-state index in [2.05, 4.69) is 31.2 Å². The van der Waals surface area contributed by atoms with Gasteiger partial charge in [-0.15, -0.1) is 0 Å². The van der Waals surface area contributed by atoms with E-state index in [1.807, 2.05) is 6.21 Å². The lowest BCUT2D eigenvalue weighted by Gasteiger charge is -2.34. The third kappa shape index (κ3) is 7.80. The molecule has 0 saturated heterocycles. The molecule has 1 heterocycles. The van der Waals surface area contributed by atoms with Crippen molar-refractivity contribution in [3.8, 4) is 0 Å². The van der Waals surface area contributed by atoms with Crippen LogP contribution in [0.3, 0.4) is 0 Å². The van der Waals surface area contributed by atoms with E-state index >= 15 is 0 Å². The Bertz CT molecular complexity index is 407. The Morgan fingerprint density at radius 3 is 2.00 bits per heavy atom. The molecular formula is C25H42N. The molecule has 1 aliphatic heterocycles. The van der Waals surface area contributed by atoms with Crippen LogP contribution in [0.4, 0.5) is 0 Å². The van der Waals surface area contributed by atoms with Crippen LogP contribution in [0, 0.1) is 5.92 Å². The summed E-state index contributed by atoms with van der Waals surface area (Å²) in [6.07, 6.45) is 34.3. The molecule has 2 aliphatic rings. The van der Waals surface area contributed by atoms with Gasteiger partial charge in [0.2, 0.25) is 0 Å². The minimum absolute atomic E-state index is 0.00793. The van der Waals surface area contributed by atoms with Crippen LogP contribution in [0.5, 0.6) is 0 Å². The van der Waals surface area contributed by atoms with E-state index in [4.69, 9.17) is 4.99 Å². The Balaban J connectivity index is 1.70. The summed E-state index contributed by atoms with van der Waals surface area (Å²) in [5.74, 6) is 1.71. The van der Waals surface area contributed by atoms with E-state index in [-0.39, 0.29) is 5.54 Å². The van der Waals surface area contributed by atoms with Gasteiger partial charge in [-0.25, -0.2) is 0 Å². The van der Waals surface area contributed by atoms with Gasteiger partial charge in [0.1, 0.15) is 0 Å². The summed E-state index contributed by atoms with van der Waals surface area (Å²) < 4.78 is 0. The summed E-state index contributed by atoms with van der Waals surface area (Å²) in [7, 11) is 0. The van der Waals surface area contributed by atoms with Crippen LogP contribution in [0.25, 0.3) is 0 Å². The second-order valence-corrected chi connectivity index (χ2v) is 8.40. The topological polar surface area (TPSA) is 12.4 Å². The summed E-state index contributed by atoms with van der Waals surface area (Å²) in [5, 5.41) is 0. The predicted molar refractivity (Wildman–Crippen MR) is 117 cm³/mol. The van der Waals surface area contributed by atoms with Crippen LogP contribution in [0.15, 0.2) is 29.3 Å². The number of aliphatic imine (C=N–C) groups is 1. The molecule has 0 bridgehead atoms. The van der Waals surface area contributed by atoms with Gasteiger partial charge in [-0.2, -0.15) is 0 Å². The first-order valence-electron chi connectivity index (χ1n) is 11.6. The Hall–Kier alpha value is -0.850. The molecule has 1 aliphatic carbocycles. The van der Waals surface area contributed by atoms with Crippen LogP contribution >= 0.6 is 0 Å². The van der Waals surface area contributed by atoms with E-state index < -0.39 is 0 Å². The normalized spacial score (nSPS) is 23.9. The molecule has 1 fully saturated rings. The molecule has 0 N–H and O–H groups in total. The zero-order chi connectivity index (χ0) is 18.3. The number of allylic oxidation sites excluding steroid dienone is 3. The lowest BCUT2D eigenvalue weighted by atomic mass is 9.75. The number of nitrogens with zero attached hydrogens (tertiary/aromatic N) is 1. The highest BCUT2D eigenvalue weighted by Crippen LogP contribution is 2.41. The van der Waals surface area contributed by atoms with Gasteiger partial charge in [0, 0.05) is 12.1 Å². The van der Waals surface area contributed by atoms with Gasteiger partial charge in [0.25, 0.3) is 0 Å². The van der Waals surface area contributed by atoms with Gasteiger partial charge in [-0.05, 0) is 25.3 Å². The molecule has 1 saturated carbocycles. The van der Waals surface area contributed by atoms with Crippen molar-refractivity contribution in [1.82, 2.24) is 0 Å². The lowest BCUT2D eigenvalue weighted by molar-refractivity contribution is 0.428. The molecule has 0 aromatic rings. The Morgan fingerprint density at radius 2 is 1.35 bits per heavy atom. The van der Waals surface area contributed by atoms with Crippen molar-refractivity contribution < 1.29 is 0 Å². The standard InChI is InChI=1S/C25H42N/c1-2-3-4-5-6-7-8-9-12-16-21-25(22-17-13-18-23-26-25)24-19-14-10-11-15-20-24/h13,17-18,22-23H,2-12,14-16,19-21H2,1H3. The second kappa shape index (κ2) is 13.3. The van der Waals surface area contributed by atoms with Crippen molar-refractivity contribution in [2.24, 2.45) is 4.99 Å². The lowest BCUT2D eigenvalue weighted by Crippen LogP contribution is -2.32. The highest BCUT2D eigenvalue weighted by Gasteiger charge is 2.35. The maximum Gasteiger partial charge on any atom is 0.0852 e. The molecule has 1 radical (unpaired) electrons. The highest BCUT2D eigenvalue weighted by molar-refractivity contribution is 5.73. The molecule has 0 aromatic heterocycles. The second-order valence-electron chi connectivity index (χ2n) is 8.40. The Kier molecular flexibility index (Phi) is 11.0. The predicted octanol–water partition coefficient (Wildman–Crippen LogP) is 8.16. The van der Waals surface area contributed by atoms with Crippen LogP contribution in [0.2, 0.25) is 0 Å². The average molecular weight is 357 g/mol. The third-order valence-electron chi connectivity index (χ3n) is 6.22. The quantitative estimate of drug-likeness (QED) is 0.247. The van der Waals surface area contributed by atoms with Gasteiger partial charge in [-0.1, -0.05) is 115 Å². The molecule has 1 nitrogen and oxygen atoms in total. The van der Waals surface area contributed by atoms with Gasteiger partial charge >= 0.3 is 0 Å². The summed E-state index contributed by atoms with van der Waals surface area (Å²) in [6.45, 7) is 2.30. The molecule has 147 valence electrons. The number of hydrogen-bond acceptors (Lipinski definition) is 1. The summed E-state index contributed by atoms with van der Waals surface area (Å²) >= 11 is 0. The van der Waals surface area contributed by atoms with Gasteiger partial charge < -0.3 is 0 Å². The SMILES string of the molecule is CCCCCCCCCCCCC1([C]2CCCCCC2)C=CC=CC=N1. The summed E-state index contributed by atoms with van der Waals surface area (Å²) in [4.78, 5) is 5.06. The average Bonchev–Trinajstić information content (AvgIpc) is 3.07. The zero-order valence-electron chi connectivity index (χ0n) is 17.4. The summed E-state index contributed by atoms with van der Waals surface area (Å²) in [6, 6.07) is 0. The number of rotatable bonds is 12. The highest BCUT2D eigenvalue weighted by atomic mass is 14.9. The summed E-state index contributed by atoms with van der Waals surface area (Å²) in [5.41, 5.74) is 0.00793. The van der Waals surface area contributed by atoms with E-state index in [1.54, 1.807) is 5.92 Å². The molecule has 2 rings (SSSR count). The molecular weight excluding hydrogens is 314 g/mol. The van der Waals surface area contributed by atoms with E-state index in [0.29, 0.717) is 0 Å². The van der Waals surface area contributed by atoms with Crippen molar-refractivity contribution in [2.75, 3.05) is 0 Å². The van der Waals surface area contributed by atoms with Gasteiger partial charge in [0.05, 0.1) is 5.54 Å². The maximum atomic E-state index is 5.06. The van der Waals surface area contributed by atoms with E-state index in [0.717, 1.165) is 0 Å². The molecule has 1 heteroatoms. The molecule has 0 amide bonds. The fourth-order valence-corrected chi connectivity index (χ4v) is 4.55. The Morgan fingerprint density at radius 1 is 0.731 bits per heavy atom. The molecule has 0 aromatic carbocycles. The smallest absolute Gasteiger partial charge is 0.0852 e. The monoisotopic (exact) mass is 356 g/mol. The largest absolute Gasteiger partial charge is 0.282 e. The minimum Gasteiger partial charge on any atom is -0.282 e. The first-order chi connectivity index (χ1) is 12.9. The van der Waals surface area contributed by atoms with Crippen LogP contribution < -0.4 is 0 Å². The van der Waals surface area contributed by atoms with Gasteiger partial charge in [-0.3, -0.25) is 4.99 Å². The fraction of sp³-hybridized carbons (Fsp3) is 0.760. The van der Waals surface area contributed by atoms with Crippen LogP contribution in [0.1, 0.15) is 116 Å². The first kappa shape index (κ1) is 21.5. The van der Waals surface area contributed by atoms with Crippen molar-refractivity contribution in [3.05, 3.63) is 30.2 Å². The van der Waals surface area contributed by atoms with E-state index in [9.17, 15) is 0 Å². The van der Waals surface area contributed by atoms with Crippen LogP contribution in [-0.4, -0.2) is 11.8 Å². The first-order valence-corrected chi connectivity index (χ1v) is 11.6. The Labute approximate surface area is 163 Å². The molecule has 26 heavy (non-hydrogen) atoms. The van der Waals surface area contributed by atoms with Gasteiger partial charge in [0.15, 0.2) is 0 Å². The maximum absolute atomic E-state index is 5.06. The van der Waals surface area contributed by atoms with Crippen molar-refractivity contribution in [3.63, 3.8) is 0 Å². The van der Waals surface area contributed by atoms with Crippen molar-refractivity contribution in [2.45, 2.75) is 122 Å². The third-order valence-corrected chi connectivity index (χ3v) is 6.22. The number of hydrogen-bond donors (Lipinski definition) is 0.